The topological polar surface area (TPSA) is 103 Å². The summed E-state index contributed by atoms with van der Waals surface area (Å²) in [5.41, 5.74) is 6.00. The van der Waals surface area contributed by atoms with Crippen LogP contribution in [-0.2, 0) is 13.7 Å². The van der Waals surface area contributed by atoms with E-state index in [1.165, 1.54) is 4.80 Å². The predicted molar refractivity (Wildman–Crippen MR) is 60.6 cm³/mol. The highest BCUT2D eigenvalue weighted by Crippen LogP contribution is 2.17. The van der Waals surface area contributed by atoms with E-state index in [0.717, 1.165) is 0 Å². The molecule has 0 fully saturated rings. The van der Waals surface area contributed by atoms with E-state index in [2.05, 4.69) is 15.4 Å². The molecular formula is C10H12N6O. The van der Waals surface area contributed by atoms with E-state index in [9.17, 15) is 0 Å². The van der Waals surface area contributed by atoms with Gasteiger partial charge in [-0.05, 0) is 17.3 Å². The number of nitrogen functional groups attached to an aromatic ring is 1. The van der Waals surface area contributed by atoms with Crippen molar-refractivity contribution in [1.82, 2.24) is 20.2 Å². The Hall–Kier alpha value is -2.44. The molecule has 0 atom stereocenters. The summed E-state index contributed by atoms with van der Waals surface area (Å²) in [6.07, 6.45) is 0. The Bertz CT molecular complexity index is 535. The van der Waals surface area contributed by atoms with Crippen LogP contribution in [0.25, 0.3) is 0 Å². The number of aromatic nitrogens is 4. The number of amidine groups is 1. The molecule has 0 aliphatic rings. The highest BCUT2D eigenvalue weighted by Gasteiger charge is 2.07. The molecule has 3 N–H and O–H groups in total. The number of aryl methyl sites for hydroxylation is 1. The van der Waals surface area contributed by atoms with E-state index in [0.29, 0.717) is 17.1 Å². The number of para-hydroxylation sites is 1. The first-order chi connectivity index (χ1) is 8.16. The average molecular weight is 232 g/mol. The van der Waals surface area contributed by atoms with Crippen LogP contribution in [0.15, 0.2) is 24.3 Å². The summed E-state index contributed by atoms with van der Waals surface area (Å²) < 4.78 is 5.50. The van der Waals surface area contributed by atoms with Gasteiger partial charge in [0, 0.05) is 0 Å². The van der Waals surface area contributed by atoms with Crippen LogP contribution < -0.4 is 10.5 Å². The number of tetrazole rings is 1. The largest absolute Gasteiger partial charge is 0.485 e. The second kappa shape index (κ2) is 4.60. The van der Waals surface area contributed by atoms with E-state index in [4.69, 9.17) is 15.9 Å². The first-order valence-corrected chi connectivity index (χ1v) is 4.96. The van der Waals surface area contributed by atoms with Crippen LogP contribution in [0.3, 0.4) is 0 Å². The van der Waals surface area contributed by atoms with Crippen molar-refractivity contribution in [3.05, 3.63) is 35.7 Å². The van der Waals surface area contributed by atoms with Crippen molar-refractivity contribution in [3.8, 4) is 5.75 Å². The van der Waals surface area contributed by atoms with Gasteiger partial charge in [0.25, 0.3) is 0 Å². The molecule has 0 saturated carbocycles. The van der Waals surface area contributed by atoms with Crippen LogP contribution in [0.5, 0.6) is 5.75 Å². The van der Waals surface area contributed by atoms with Gasteiger partial charge in [0.1, 0.15) is 11.6 Å². The van der Waals surface area contributed by atoms with Gasteiger partial charge in [-0.15, -0.1) is 10.2 Å². The summed E-state index contributed by atoms with van der Waals surface area (Å²) in [6, 6.07) is 7.07. The number of ether oxygens (including phenoxy) is 1. The summed E-state index contributed by atoms with van der Waals surface area (Å²) in [5.74, 6) is 0.978. The molecule has 1 aromatic carbocycles. The zero-order chi connectivity index (χ0) is 12.3. The monoisotopic (exact) mass is 232 g/mol. The maximum absolute atomic E-state index is 7.41. The molecule has 0 amide bonds. The van der Waals surface area contributed by atoms with E-state index in [1.807, 2.05) is 6.07 Å². The lowest BCUT2D eigenvalue weighted by Gasteiger charge is -2.08. The first kappa shape index (κ1) is 11.1. The predicted octanol–water partition coefficient (Wildman–Crippen LogP) is 0.0732. The van der Waals surface area contributed by atoms with Crippen molar-refractivity contribution < 1.29 is 4.74 Å². The van der Waals surface area contributed by atoms with Crippen LogP contribution in [0.4, 0.5) is 0 Å². The lowest BCUT2D eigenvalue weighted by Crippen LogP contribution is -2.13. The first-order valence-electron chi connectivity index (χ1n) is 4.96. The quantitative estimate of drug-likeness (QED) is 0.573. The third kappa shape index (κ3) is 2.57. The maximum Gasteiger partial charge on any atom is 0.212 e. The van der Waals surface area contributed by atoms with E-state index < -0.39 is 0 Å². The third-order valence-electron chi connectivity index (χ3n) is 2.08. The summed E-state index contributed by atoms with van der Waals surface area (Å²) >= 11 is 0. The Morgan fingerprint density at radius 1 is 1.47 bits per heavy atom. The van der Waals surface area contributed by atoms with Gasteiger partial charge in [-0.25, -0.2) is 0 Å². The molecule has 2 rings (SSSR count). The summed E-state index contributed by atoms with van der Waals surface area (Å²) in [7, 11) is 1.68. The SMILES string of the molecule is Cn1nnc(COc2ccccc2C(=N)N)n1. The second-order valence-electron chi connectivity index (χ2n) is 3.39. The standard InChI is InChI=1S/C10H12N6O/c1-16-14-9(13-15-16)6-17-8-5-3-2-4-7(8)10(11)12/h2-5H,6H2,1H3,(H3,11,12). The maximum atomic E-state index is 7.41. The lowest BCUT2D eigenvalue weighted by atomic mass is 10.2. The van der Waals surface area contributed by atoms with Crippen molar-refractivity contribution in [2.75, 3.05) is 0 Å². The van der Waals surface area contributed by atoms with Crippen molar-refractivity contribution >= 4 is 5.84 Å². The summed E-state index contributed by atoms with van der Waals surface area (Å²) in [6.45, 7) is 0.193. The molecule has 2 aromatic rings. The van der Waals surface area contributed by atoms with Crippen LogP contribution >= 0.6 is 0 Å². The molecule has 0 radical (unpaired) electrons. The number of hydrogen-bond donors (Lipinski definition) is 2. The molecule has 0 bridgehead atoms. The van der Waals surface area contributed by atoms with Gasteiger partial charge in [0.2, 0.25) is 5.82 Å². The minimum atomic E-state index is -0.0345. The summed E-state index contributed by atoms with van der Waals surface area (Å²) in [4.78, 5) is 1.36. The Morgan fingerprint density at radius 2 is 2.24 bits per heavy atom. The van der Waals surface area contributed by atoms with Gasteiger partial charge in [-0.2, -0.15) is 4.80 Å². The Kier molecular flexibility index (Phi) is 2.99. The Morgan fingerprint density at radius 3 is 2.88 bits per heavy atom. The fraction of sp³-hybridized carbons (Fsp3) is 0.200. The molecule has 0 unspecified atom stereocenters. The number of benzene rings is 1. The average Bonchev–Trinajstić information content (AvgIpc) is 2.73. The molecule has 7 nitrogen and oxygen atoms in total. The molecule has 7 heteroatoms. The summed E-state index contributed by atoms with van der Waals surface area (Å²) in [5, 5.41) is 18.9. The van der Waals surface area contributed by atoms with E-state index in [-0.39, 0.29) is 12.4 Å². The van der Waals surface area contributed by atoms with Crippen molar-refractivity contribution in [2.24, 2.45) is 12.8 Å². The Labute approximate surface area is 97.7 Å². The second-order valence-corrected chi connectivity index (χ2v) is 3.39. The van der Waals surface area contributed by atoms with Gasteiger partial charge < -0.3 is 10.5 Å². The van der Waals surface area contributed by atoms with Crippen LogP contribution in [0.2, 0.25) is 0 Å². The molecule has 88 valence electrons. The normalized spacial score (nSPS) is 10.2. The fourth-order valence-corrected chi connectivity index (χ4v) is 1.34. The molecule has 17 heavy (non-hydrogen) atoms. The Balaban J connectivity index is 2.11. The van der Waals surface area contributed by atoms with Crippen LogP contribution in [0.1, 0.15) is 11.4 Å². The van der Waals surface area contributed by atoms with Crippen LogP contribution in [0, 0.1) is 5.41 Å². The molecule has 1 aromatic heterocycles. The smallest absolute Gasteiger partial charge is 0.212 e. The van der Waals surface area contributed by atoms with Gasteiger partial charge in [0.15, 0.2) is 6.61 Å². The zero-order valence-corrected chi connectivity index (χ0v) is 9.29. The molecule has 0 saturated heterocycles. The number of hydrogen-bond acceptors (Lipinski definition) is 5. The zero-order valence-electron chi connectivity index (χ0n) is 9.29. The third-order valence-corrected chi connectivity index (χ3v) is 2.08. The van der Waals surface area contributed by atoms with Crippen molar-refractivity contribution in [2.45, 2.75) is 6.61 Å². The van der Waals surface area contributed by atoms with Crippen LogP contribution in [-0.4, -0.2) is 26.0 Å². The number of nitrogens with two attached hydrogens (primary N) is 1. The molecular weight excluding hydrogens is 220 g/mol. The van der Waals surface area contributed by atoms with Crippen molar-refractivity contribution in [3.63, 3.8) is 0 Å². The van der Waals surface area contributed by atoms with Gasteiger partial charge in [-0.1, -0.05) is 12.1 Å². The molecule has 0 aliphatic heterocycles. The molecule has 0 aliphatic carbocycles. The van der Waals surface area contributed by atoms with Gasteiger partial charge >= 0.3 is 0 Å². The molecule has 0 spiro atoms. The highest BCUT2D eigenvalue weighted by molar-refractivity contribution is 5.97. The number of nitrogens with zero attached hydrogens (tertiary/aromatic N) is 4. The minimum Gasteiger partial charge on any atom is -0.485 e. The molecule has 1 heterocycles. The van der Waals surface area contributed by atoms with E-state index in [1.54, 1.807) is 25.2 Å². The van der Waals surface area contributed by atoms with Gasteiger partial charge in [-0.3, -0.25) is 5.41 Å². The highest BCUT2D eigenvalue weighted by atomic mass is 16.5. The minimum absolute atomic E-state index is 0.0345. The van der Waals surface area contributed by atoms with Gasteiger partial charge in [0.05, 0.1) is 12.6 Å². The van der Waals surface area contributed by atoms with Crippen molar-refractivity contribution in [1.29, 1.82) is 5.41 Å². The lowest BCUT2D eigenvalue weighted by molar-refractivity contribution is 0.294. The fourth-order valence-electron chi connectivity index (χ4n) is 1.34. The number of rotatable bonds is 4. The van der Waals surface area contributed by atoms with E-state index >= 15 is 0 Å². The number of nitrogens with one attached hydrogen (secondary N) is 1.